The molecule has 0 radical (unpaired) electrons. The van der Waals surface area contributed by atoms with Crippen LogP contribution in [0.5, 0.6) is 5.75 Å². The molecule has 0 N–H and O–H groups in total. The Bertz CT molecular complexity index is 1050. The predicted octanol–water partition coefficient (Wildman–Crippen LogP) is 2.90. The average Bonchev–Trinajstić information content (AvgIpc) is 3.39. The van der Waals surface area contributed by atoms with E-state index >= 15 is 0 Å². The number of fused-ring (bicyclic) bond motifs is 1. The van der Waals surface area contributed by atoms with Gasteiger partial charge in [0.1, 0.15) is 11.9 Å². The SMILES string of the molecule is COC(=O)c1sccc1OC(C)c1ccnc2nc(-n3cccc3)nn12. The summed E-state index contributed by atoms with van der Waals surface area (Å²) in [6.45, 7) is 1.88. The number of rotatable bonds is 5. The van der Waals surface area contributed by atoms with E-state index in [0.29, 0.717) is 22.4 Å². The number of hydrogen-bond donors (Lipinski definition) is 0. The number of hydrogen-bond acceptors (Lipinski definition) is 7. The highest BCUT2D eigenvalue weighted by molar-refractivity contribution is 7.12. The lowest BCUT2D eigenvalue weighted by molar-refractivity contribution is 0.0599. The molecule has 0 aliphatic heterocycles. The summed E-state index contributed by atoms with van der Waals surface area (Å²) in [4.78, 5) is 20.9. The molecule has 4 aromatic rings. The van der Waals surface area contributed by atoms with Crippen LogP contribution in [0.2, 0.25) is 0 Å². The summed E-state index contributed by atoms with van der Waals surface area (Å²) < 4.78 is 14.2. The quantitative estimate of drug-likeness (QED) is 0.503. The van der Waals surface area contributed by atoms with Crippen molar-refractivity contribution >= 4 is 23.1 Å². The van der Waals surface area contributed by atoms with Crippen LogP contribution in [0, 0.1) is 0 Å². The fourth-order valence-corrected chi connectivity index (χ4v) is 3.31. The Kier molecular flexibility index (Phi) is 4.13. The van der Waals surface area contributed by atoms with Crippen LogP contribution in [0.3, 0.4) is 0 Å². The molecule has 8 nitrogen and oxygen atoms in total. The van der Waals surface area contributed by atoms with E-state index < -0.39 is 5.97 Å². The van der Waals surface area contributed by atoms with E-state index in [1.54, 1.807) is 26.7 Å². The van der Waals surface area contributed by atoms with E-state index in [-0.39, 0.29) is 6.10 Å². The summed E-state index contributed by atoms with van der Waals surface area (Å²) in [6, 6.07) is 7.36. The zero-order valence-corrected chi connectivity index (χ0v) is 14.9. The smallest absolute Gasteiger partial charge is 0.351 e. The van der Waals surface area contributed by atoms with Crippen LogP contribution in [-0.4, -0.2) is 37.2 Å². The van der Waals surface area contributed by atoms with Crippen molar-refractivity contribution in [3.8, 4) is 11.7 Å². The Morgan fingerprint density at radius 1 is 1.27 bits per heavy atom. The first kappa shape index (κ1) is 16.3. The molecule has 0 aromatic carbocycles. The molecule has 0 aliphatic rings. The average molecular weight is 369 g/mol. The molecule has 9 heteroatoms. The lowest BCUT2D eigenvalue weighted by Crippen LogP contribution is -2.11. The minimum absolute atomic E-state index is 0.377. The Labute approximate surface area is 152 Å². The maximum absolute atomic E-state index is 11.8. The number of methoxy groups -OCH3 is 1. The number of nitrogens with zero attached hydrogens (tertiary/aromatic N) is 5. The first-order valence-corrected chi connectivity index (χ1v) is 8.73. The van der Waals surface area contributed by atoms with Crippen LogP contribution in [0.1, 0.15) is 28.4 Å². The maximum atomic E-state index is 11.8. The van der Waals surface area contributed by atoms with Gasteiger partial charge in [0.2, 0.25) is 0 Å². The van der Waals surface area contributed by atoms with E-state index in [9.17, 15) is 4.79 Å². The maximum Gasteiger partial charge on any atom is 0.351 e. The third kappa shape index (κ3) is 2.82. The zero-order chi connectivity index (χ0) is 18.1. The zero-order valence-electron chi connectivity index (χ0n) is 14.1. The van der Waals surface area contributed by atoms with Gasteiger partial charge in [-0.2, -0.15) is 9.50 Å². The van der Waals surface area contributed by atoms with Gasteiger partial charge < -0.3 is 9.47 Å². The molecule has 4 rings (SSSR count). The summed E-state index contributed by atoms with van der Waals surface area (Å²) in [6.07, 6.45) is 5.01. The minimum Gasteiger partial charge on any atom is -0.483 e. The van der Waals surface area contributed by atoms with Gasteiger partial charge in [-0.15, -0.1) is 16.4 Å². The van der Waals surface area contributed by atoms with Crippen molar-refractivity contribution < 1.29 is 14.3 Å². The molecule has 0 spiro atoms. The first-order chi connectivity index (χ1) is 12.7. The molecule has 4 aromatic heterocycles. The summed E-state index contributed by atoms with van der Waals surface area (Å²) in [5.41, 5.74) is 0.767. The molecule has 132 valence electrons. The van der Waals surface area contributed by atoms with E-state index in [1.165, 1.54) is 18.4 Å². The van der Waals surface area contributed by atoms with Crippen molar-refractivity contribution in [2.24, 2.45) is 0 Å². The van der Waals surface area contributed by atoms with Gasteiger partial charge in [0.25, 0.3) is 11.7 Å². The minimum atomic E-state index is -0.419. The van der Waals surface area contributed by atoms with Crippen LogP contribution in [0.15, 0.2) is 48.2 Å². The number of esters is 1. The number of thiophene rings is 1. The molecule has 4 heterocycles. The van der Waals surface area contributed by atoms with Gasteiger partial charge >= 0.3 is 5.97 Å². The Balaban J connectivity index is 1.68. The molecule has 0 saturated carbocycles. The fourth-order valence-electron chi connectivity index (χ4n) is 2.57. The molecular weight excluding hydrogens is 354 g/mol. The normalized spacial score (nSPS) is 12.2. The summed E-state index contributed by atoms with van der Waals surface area (Å²) in [5, 5.41) is 6.30. The molecule has 0 amide bonds. The van der Waals surface area contributed by atoms with Crippen LogP contribution in [0.25, 0.3) is 11.7 Å². The molecule has 1 atom stereocenters. The molecule has 0 bridgehead atoms. The van der Waals surface area contributed by atoms with E-state index in [1.807, 2.05) is 37.5 Å². The van der Waals surface area contributed by atoms with Crippen LogP contribution in [-0.2, 0) is 4.74 Å². The van der Waals surface area contributed by atoms with Crippen molar-refractivity contribution in [3.05, 3.63) is 58.8 Å². The summed E-state index contributed by atoms with van der Waals surface area (Å²) in [5.74, 6) is 1.05. The van der Waals surface area contributed by atoms with Gasteiger partial charge in [-0.25, -0.2) is 9.78 Å². The second-order valence-electron chi connectivity index (χ2n) is 5.45. The van der Waals surface area contributed by atoms with Gasteiger partial charge in [0, 0.05) is 18.6 Å². The Morgan fingerprint density at radius 3 is 2.85 bits per heavy atom. The van der Waals surface area contributed by atoms with Gasteiger partial charge in [-0.05, 0) is 36.6 Å². The fraction of sp³-hybridized carbons (Fsp3) is 0.176. The highest BCUT2D eigenvalue weighted by atomic mass is 32.1. The third-order valence-electron chi connectivity index (χ3n) is 3.81. The van der Waals surface area contributed by atoms with Crippen LogP contribution in [0.4, 0.5) is 0 Å². The molecule has 26 heavy (non-hydrogen) atoms. The number of ether oxygens (including phenoxy) is 2. The lowest BCUT2D eigenvalue weighted by Gasteiger charge is -2.15. The Hall–Kier alpha value is -3.20. The van der Waals surface area contributed by atoms with Crippen molar-refractivity contribution in [1.29, 1.82) is 0 Å². The molecule has 0 fully saturated rings. The van der Waals surface area contributed by atoms with E-state index in [0.717, 1.165) is 5.69 Å². The van der Waals surface area contributed by atoms with Gasteiger partial charge in [-0.3, -0.25) is 4.57 Å². The summed E-state index contributed by atoms with van der Waals surface area (Å²) >= 11 is 1.28. The molecular formula is C17H15N5O3S. The van der Waals surface area contributed by atoms with Crippen molar-refractivity contribution in [2.45, 2.75) is 13.0 Å². The van der Waals surface area contributed by atoms with Crippen LogP contribution < -0.4 is 4.74 Å². The molecule has 0 saturated heterocycles. The molecule has 1 unspecified atom stereocenters. The number of carbonyl (C=O) groups excluding carboxylic acids is 1. The highest BCUT2D eigenvalue weighted by Gasteiger charge is 2.20. The van der Waals surface area contributed by atoms with Crippen molar-refractivity contribution in [1.82, 2.24) is 24.1 Å². The van der Waals surface area contributed by atoms with E-state index in [4.69, 9.17) is 9.47 Å². The molecule has 0 aliphatic carbocycles. The Morgan fingerprint density at radius 2 is 2.08 bits per heavy atom. The monoisotopic (exact) mass is 369 g/mol. The van der Waals surface area contributed by atoms with Crippen LogP contribution >= 0.6 is 11.3 Å². The number of aromatic nitrogens is 5. The standard InChI is InChI=1S/C17H15N5O3S/c1-11(25-13-6-10-26-14(13)15(23)24-2)12-5-7-18-16-19-17(20-22(12)16)21-8-3-4-9-21/h3-11H,1-2H3. The third-order valence-corrected chi connectivity index (χ3v) is 4.69. The predicted molar refractivity (Wildman–Crippen MR) is 94.8 cm³/mol. The second-order valence-corrected chi connectivity index (χ2v) is 6.37. The van der Waals surface area contributed by atoms with Crippen molar-refractivity contribution in [3.63, 3.8) is 0 Å². The highest BCUT2D eigenvalue weighted by Crippen LogP contribution is 2.30. The first-order valence-electron chi connectivity index (χ1n) is 7.85. The van der Waals surface area contributed by atoms with Gasteiger partial charge in [0.15, 0.2) is 4.88 Å². The summed E-state index contributed by atoms with van der Waals surface area (Å²) in [7, 11) is 1.35. The lowest BCUT2D eigenvalue weighted by atomic mass is 10.2. The van der Waals surface area contributed by atoms with Gasteiger partial charge in [-0.1, -0.05) is 0 Å². The topological polar surface area (TPSA) is 83.5 Å². The second kappa shape index (κ2) is 6.60. The van der Waals surface area contributed by atoms with Gasteiger partial charge in [0.05, 0.1) is 12.8 Å². The van der Waals surface area contributed by atoms with Crippen molar-refractivity contribution in [2.75, 3.05) is 7.11 Å². The number of carbonyl (C=O) groups is 1. The van der Waals surface area contributed by atoms with E-state index in [2.05, 4.69) is 15.1 Å². The largest absolute Gasteiger partial charge is 0.483 e.